The van der Waals surface area contributed by atoms with Crippen LogP contribution in [-0.2, 0) is 9.63 Å². The first kappa shape index (κ1) is 14.8. The van der Waals surface area contributed by atoms with Crippen molar-refractivity contribution in [3.8, 4) is 0 Å². The van der Waals surface area contributed by atoms with Gasteiger partial charge in [0.2, 0.25) is 0 Å². The standard InChI is InChI=1S/C6H9N3OS.C2HF3O2/c1-4-7-8-6(11-4)5-2-3-10-9-5;3-2(4,5)1(6)7/h5,9H,2-3H2,1H3;(H,6,7). The maximum atomic E-state index is 10.6. The van der Waals surface area contributed by atoms with E-state index in [0.29, 0.717) is 0 Å². The molecule has 0 aliphatic carbocycles. The Balaban J connectivity index is 0.000000203. The highest BCUT2D eigenvalue weighted by Crippen LogP contribution is 2.23. The number of carbonyl (C=O) groups is 1. The zero-order valence-electron chi connectivity index (χ0n) is 9.19. The minimum absolute atomic E-state index is 0.265. The molecule has 102 valence electrons. The molecular weight excluding hydrogens is 275 g/mol. The van der Waals surface area contributed by atoms with Crippen LogP contribution in [0.25, 0.3) is 0 Å². The van der Waals surface area contributed by atoms with Gasteiger partial charge in [-0.15, -0.1) is 21.5 Å². The Bertz CT molecular complexity index is 404. The number of hydroxylamine groups is 1. The highest BCUT2D eigenvalue weighted by atomic mass is 32.1. The molecule has 10 heteroatoms. The van der Waals surface area contributed by atoms with Gasteiger partial charge < -0.3 is 9.94 Å². The lowest BCUT2D eigenvalue weighted by molar-refractivity contribution is -0.192. The summed E-state index contributed by atoms with van der Waals surface area (Å²) in [5.74, 6) is -2.76. The van der Waals surface area contributed by atoms with Gasteiger partial charge in [-0.05, 0) is 13.3 Å². The summed E-state index contributed by atoms with van der Waals surface area (Å²) in [6.45, 7) is 2.72. The van der Waals surface area contributed by atoms with Gasteiger partial charge in [0.25, 0.3) is 0 Å². The summed E-state index contributed by atoms with van der Waals surface area (Å²) in [7, 11) is 0. The van der Waals surface area contributed by atoms with Gasteiger partial charge >= 0.3 is 12.1 Å². The second-order valence-electron chi connectivity index (χ2n) is 3.27. The Morgan fingerprint density at radius 1 is 1.56 bits per heavy atom. The van der Waals surface area contributed by atoms with Crippen LogP contribution in [0, 0.1) is 6.92 Å². The maximum absolute atomic E-state index is 10.6. The molecule has 18 heavy (non-hydrogen) atoms. The van der Waals surface area contributed by atoms with Crippen LogP contribution in [0.1, 0.15) is 22.5 Å². The molecule has 0 spiro atoms. The molecule has 1 atom stereocenters. The molecule has 1 fully saturated rings. The fourth-order valence-corrected chi connectivity index (χ4v) is 1.80. The lowest BCUT2D eigenvalue weighted by Gasteiger charge is -2.00. The molecule has 1 aliphatic heterocycles. The highest BCUT2D eigenvalue weighted by molar-refractivity contribution is 7.11. The first-order valence-electron chi connectivity index (χ1n) is 4.78. The molecule has 0 amide bonds. The van der Waals surface area contributed by atoms with E-state index in [1.165, 1.54) is 0 Å². The van der Waals surface area contributed by atoms with Gasteiger partial charge in [0.05, 0.1) is 12.6 Å². The summed E-state index contributed by atoms with van der Waals surface area (Å²) in [4.78, 5) is 13.9. The lowest BCUT2D eigenvalue weighted by atomic mass is 10.3. The van der Waals surface area contributed by atoms with Crippen molar-refractivity contribution in [3.63, 3.8) is 0 Å². The Morgan fingerprint density at radius 2 is 2.17 bits per heavy atom. The Kier molecular flexibility index (Phi) is 4.99. The van der Waals surface area contributed by atoms with Crippen LogP contribution in [0.2, 0.25) is 0 Å². The van der Waals surface area contributed by atoms with Gasteiger partial charge in [-0.2, -0.15) is 18.7 Å². The molecule has 2 heterocycles. The van der Waals surface area contributed by atoms with Crippen LogP contribution in [-0.4, -0.2) is 34.1 Å². The number of carboxylic acid groups (broad SMARTS) is 1. The second kappa shape index (κ2) is 6.07. The Hall–Kier alpha value is -1.26. The quantitative estimate of drug-likeness (QED) is 0.812. The fourth-order valence-electron chi connectivity index (χ4n) is 1.02. The molecule has 0 radical (unpaired) electrons. The number of halogens is 3. The summed E-state index contributed by atoms with van der Waals surface area (Å²) >= 11 is 1.62. The second-order valence-corrected chi connectivity index (χ2v) is 4.48. The number of nitrogens with zero attached hydrogens (tertiary/aromatic N) is 2. The van der Waals surface area contributed by atoms with Gasteiger partial charge in [0.1, 0.15) is 10.0 Å². The number of rotatable bonds is 1. The maximum Gasteiger partial charge on any atom is 0.490 e. The van der Waals surface area contributed by atoms with Crippen molar-refractivity contribution in [2.24, 2.45) is 0 Å². The van der Waals surface area contributed by atoms with Gasteiger partial charge in [-0.1, -0.05) is 0 Å². The molecule has 0 bridgehead atoms. The van der Waals surface area contributed by atoms with Crippen molar-refractivity contribution in [3.05, 3.63) is 10.0 Å². The largest absolute Gasteiger partial charge is 0.490 e. The van der Waals surface area contributed by atoms with Crippen molar-refractivity contribution in [1.82, 2.24) is 15.7 Å². The van der Waals surface area contributed by atoms with Crippen LogP contribution < -0.4 is 5.48 Å². The van der Waals surface area contributed by atoms with Gasteiger partial charge in [-0.25, -0.2) is 4.79 Å². The van der Waals surface area contributed by atoms with E-state index in [1.807, 2.05) is 6.92 Å². The van der Waals surface area contributed by atoms with Crippen molar-refractivity contribution in [2.75, 3.05) is 6.61 Å². The fraction of sp³-hybridized carbons (Fsp3) is 0.625. The Labute approximate surface area is 104 Å². The van der Waals surface area contributed by atoms with E-state index in [4.69, 9.17) is 14.7 Å². The van der Waals surface area contributed by atoms with E-state index in [0.717, 1.165) is 23.0 Å². The predicted octanol–water partition coefficient (Wildman–Crippen LogP) is 1.45. The zero-order valence-corrected chi connectivity index (χ0v) is 10.0. The molecule has 2 rings (SSSR count). The molecule has 6 nitrogen and oxygen atoms in total. The number of hydrogen-bond acceptors (Lipinski definition) is 6. The molecular formula is C8H10F3N3O3S. The third-order valence-electron chi connectivity index (χ3n) is 1.82. The Morgan fingerprint density at radius 3 is 2.50 bits per heavy atom. The summed E-state index contributed by atoms with van der Waals surface area (Å²) in [6.07, 6.45) is -4.09. The van der Waals surface area contributed by atoms with Crippen LogP contribution in [0.5, 0.6) is 0 Å². The number of hydrogen-bond donors (Lipinski definition) is 2. The summed E-state index contributed by atoms with van der Waals surface area (Å²) < 4.78 is 31.7. The normalized spacial score (nSPS) is 19.2. The molecule has 0 saturated carbocycles. The summed E-state index contributed by atoms with van der Waals surface area (Å²) in [5.41, 5.74) is 2.89. The number of alkyl halides is 3. The van der Waals surface area contributed by atoms with E-state index >= 15 is 0 Å². The number of nitrogens with one attached hydrogen (secondary N) is 1. The van der Waals surface area contributed by atoms with Gasteiger partial charge in [0.15, 0.2) is 0 Å². The summed E-state index contributed by atoms with van der Waals surface area (Å²) in [5, 5.41) is 17.1. The van der Waals surface area contributed by atoms with Gasteiger partial charge in [0, 0.05) is 0 Å². The molecule has 1 unspecified atom stereocenters. The predicted molar refractivity (Wildman–Crippen MR) is 54.8 cm³/mol. The number of aryl methyl sites for hydroxylation is 1. The van der Waals surface area contributed by atoms with Crippen LogP contribution in [0.3, 0.4) is 0 Å². The van der Waals surface area contributed by atoms with Crippen LogP contribution >= 0.6 is 11.3 Å². The third-order valence-corrected chi connectivity index (χ3v) is 2.77. The van der Waals surface area contributed by atoms with Crippen molar-refractivity contribution >= 4 is 17.3 Å². The molecule has 1 aromatic heterocycles. The summed E-state index contributed by atoms with van der Waals surface area (Å²) in [6, 6.07) is 0.265. The average Bonchev–Trinajstić information content (AvgIpc) is 2.86. The first-order chi connectivity index (χ1) is 8.30. The van der Waals surface area contributed by atoms with E-state index in [1.54, 1.807) is 11.3 Å². The van der Waals surface area contributed by atoms with Crippen molar-refractivity contribution in [2.45, 2.75) is 25.6 Å². The average molecular weight is 285 g/mol. The molecule has 1 aliphatic rings. The topological polar surface area (TPSA) is 84.3 Å². The smallest absolute Gasteiger partial charge is 0.475 e. The van der Waals surface area contributed by atoms with E-state index in [2.05, 4.69) is 15.7 Å². The van der Waals surface area contributed by atoms with E-state index in [-0.39, 0.29) is 6.04 Å². The minimum Gasteiger partial charge on any atom is -0.475 e. The van der Waals surface area contributed by atoms with E-state index < -0.39 is 12.1 Å². The molecule has 0 aromatic carbocycles. The molecule has 1 saturated heterocycles. The lowest BCUT2D eigenvalue weighted by Crippen LogP contribution is -2.21. The molecule has 1 aromatic rings. The van der Waals surface area contributed by atoms with Crippen LogP contribution in [0.15, 0.2) is 0 Å². The van der Waals surface area contributed by atoms with Gasteiger partial charge in [-0.3, -0.25) is 0 Å². The van der Waals surface area contributed by atoms with Crippen molar-refractivity contribution < 1.29 is 27.9 Å². The number of aliphatic carboxylic acids is 1. The minimum atomic E-state index is -5.08. The van der Waals surface area contributed by atoms with Crippen molar-refractivity contribution in [1.29, 1.82) is 0 Å². The monoisotopic (exact) mass is 285 g/mol. The first-order valence-corrected chi connectivity index (χ1v) is 5.60. The highest BCUT2D eigenvalue weighted by Gasteiger charge is 2.38. The van der Waals surface area contributed by atoms with Crippen LogP contribution in [0.4, 0.5) is 13.2 Å². The number of carboxylic acids is 1. The molecule has 2 N–H and O–H groups in total. The third kappa shape index (κ3) is 4.55. The SMILES string of the molecule is Cc1nnc(C2CCON2)s1.O=C(O)C(F)(F)F. The number of aromatic nitrogens is 2. The van der Waals surface area contributed by atoms with E-state index in [9.17, 15) is 13.2 Å². The zero-order chi connectivity index (χ0) is 13.8.